The van der Waals surface area contributed by atoms with Gasteiger partial charge in [-0.1, -0.05) is 0 Å². The zero-order chi connectivity index (χ0) is 21.0. The van der Waals surface area contributed by atoms with Crippen molar-refractivity contribution in [1.82, 2.24) is 14.9 Å². The lowest BCUT2D eigenvalue weighted by molar-refractivity contribution is 0.102. The molecule has 1 amide bonds. The Morgan fingerprint density at radius 3 is 2.50 bits per heavy atom. The number of benzene rings is 2. The van der Waals surface area contributed by atoms with Crippen LogP contribution in [-0.4, -0.2) is 43.8 Å². The summed E-state index contributed by atoms with van der Waals surface area (Å²) in [5.74, 6) is 0.0366. The molecule has 0 bridgehead atoms. The molecule has 0 spiro atoms. The average Bonchev–Trinajstić information content (AvgIpc) is 3.47. The molecule has 2 N–H and O–H groups in total. The Labute approximate surface area is 173 Å². The van der Waals surface area contributed by atoms with Gasteiger partial charge in [0.1, 0.15) is 0 Å². The van der Waals surface area contributed by atoms with Crippen molar-refractivity contribution in [2.75, 3.05) is 18.5 Å². The second kappa shape index (κ2) is 8.74. The van der Waals surface area contributed by atoms with Gasteiger partial charge < -0.3 is 14.5 Å². The van der Waals surface area contributed by atoms with E-state index in [1.165, 1.54) is 30.7 Å². The van der Waals surface area contributed by atoms with Gasteiger partial charge in [0.2, 0.25) is 22.3 Å². The Hall–Kier alpha value is -3.08. The number of aromatic nitrogens is 2. The van der Waals surface area contributed by atoms with Gasteiger partial charge >= 0.3 is 0 Å². The zero-order valence-electron chi connectivity index (χ0n) is 15.9. The molecule has 0 unspecified atom stereocenters. The number of hydrogen-bond acceptors (Lipinski definition) is 7. The van der Waals surface area contributed by atoms with E-state index >= 15 is 0 Å². The van der Waals surface area contributed by atoms with Crippen LogP contribution in [0.15, 0.2) is 64.2 Å². The maximum atomic E-state index is 12.5. The lowest BCUT2D eigenvalue weighted by atomic mass is 10.2. The third-order valence-electron chi connectivity index (χ3n) is 4.70. The Balaban J connectivity index is 1.37. The van der Waals surface area contributed by atoms with Crippen molar-refractivity contribution in [3.8, 4) is 11.5 Å². The first kappa shape index (κ1) is 20.2. The fraction of sp³-hybridized carbons (Fsp3) is 0.250. The molecule has 4 rings (SSSR count). The summed E-state index contributed by atoms with van der Waals surface area (Å²) in [5, 5.41) is 10.2. The van der Waals surface area contributed by atoms with Crippen molar-refractivity contribution in [3.05, 3.63) is 60.5 Å². The van der Waals surface area contributed by atoms with Crippen LogP contribution in [0.3, 0.4) is 0 Å². The molecule has 1 fully saturated rings. The summed E-state index contributed by atoms with van der Waals surface area (Å²) in [5.41, 5.74) is 1.66. The van der Waals surface area contributed by atoms with Crippen molar-refractivity contribution < 1.29 is 22.4 Å². The second-order valence-corrected chi connectivity index (χ2v) is 8.55. The molecular weight excluding hydrogens is 408 g/mol. The molecule has 1 atom stereocenters. The monoisotopic (exact) mass is 428 g/mol. The van der Waals surface area contributed by atoms with Gasteiger partial charge in [-0.2, -0.15) is 0 Å². The molecule has 1 saturated heterocycles. The van der Waals surface area contributed by atoms with Crippen molar-refractivity contribution in [2.45, 2.75) is 23.8 Å². The molecule has 2 aromatic carbocycles. The van der Waals surface area contributed by atoms with Crippen LogP contribution in [0.4, 0.5) is 5.69 Å². The van der Waals surface area contributed by atoms with Crippen LogP contribution in [0.25, 0.3) is 11.5 Å². The van der Waals surface area contributed by atoms with Crippen molar-refractivity contribution in [2.24, 2.45) is 0 Å². The molecule has 0 radical (unpaired) electrons. The first-order valence-electron chi connectivity index (χ1n) is 9.40. The number of nitrogens with zero attached hydrogens (tertiary/aromatic N) is 2. The number of carbonyl (C=O) groups is 1. The minimum atomic E-state index is -3.66. The van der Waals surface area contributed by atoms with Gasteiger partial charge in [-0.25, -0.2) is 13.1 Å². The number of nitrogens with one attached hydrogen (secondary N) is 2. The summed E-state index contributed by atoms with van der Waals surface area (Å²) in [4.78, 5) is 12.6. The smallest absolute Gasteiger partial charge is 0.255 e. The molecule has 3 aromatic rings. The Morgan fingerprint density at radius 2 is 1.87 bits per heavy atom. The summed E-state index contributed by atoms with van der Waals surface area (Å²) in [6.45, 7) is 0.903. The average molecular weight is 428 g/mol. The van der Waals surface area contributed by atoms with Gasteiger partial charge in [-0.05, 0) is 61.4 Å². The van der Waals surface area contributed by atoms with E-state index in [4.69, 9.17) is 9.15 Å². The van der Waals surface area contributed by atoms with Crippen LogP contribution in [0, 0.1) is 0 Å². The summed E-state index contributed by atoms with van der Waals surface area (Å²) in [6, 6.07) is 12.7. The second-order valence-electron chi connectivity index (χ2n) is 6.79. The molecule has 1 aliphatic rings. The first-order valence-corrected chi connectivity index (χ1v) is 10.9. The van der Waals surface area contributed by atoms with Crippen molar-refractivity contribution >= 4 is 21.6 Å². The van der Waals surface area contributed by atoms with Crippen molar-refractivity contribution in [3.63, 3.8) is 0 Å². The van der Waals surface area contributed by atoms with E-state index in [-0.39, 0.29) is 23.5 Å². The van der Waals surface area contributed by atoms with Crippen molar-refractivity contribution in [1.29, 1.82) is 0 Å². The number of sulfonamides is 1. The standard InChI is InChI=1S/C20H20N4O5S/c25-19(23-16-7-3-15(4-8-16)20-24-21-13-29-20)14-5-9-18(10-6-14)30(26,27)22-12-17-2-1-11-28-17/h3-10,13,17,22H,1-2,11-12H2,(H,23,25)/t17-/m1/s1. The van der Waals surface area contributed by atoms with E-state index in [1.54, 1.807) is 24.3 Å². The lowest BCUT2D eigenvalue weighted by Gasteiger charge is -2.12. The normalized spacial score (nSPS) is 16.5. The molecular formula is C20H20N4O5S. The van der Waals surface area contributed by atoms with E-state index in [9.17, 15) is 13.2 Å². The molecule has 1 aliphatic heterocycles. The number of rotatable bonds is 7. The highest BCUT2D eigenvalue weighted by Crippen LogP contribution is 2.20. The topological polar surface area (TPSA) is 123 Å². The van der Waals surface area contributed by atoms with Gasteiger partial charge in [0, 0.05) is 30.0 Å². The fourth-order valence-corrected chi connectivity index (χ4v) is 4.14. The van der Waals surface area contributed by atoms with E-state index in [0.717, 1.165) is 18.4 Å². The fourth-order valence-electron chi connectivity index (χ4n) is 3.08. The molecule has 10 heteroatoms. The lowest BCUT2D eigenvalue weighted by Crippen LogP contribution is -2.31. The molecule has 1 aromatic heterocycles. The number of anilines is 1. The number of ether oxygens (including phenoxy) is 1. The third-order valence-corrected chi connectivity index (χ3v) is 6.14. The van der Waals surface area contributed by atoms with E-state index in [1.807, 2.05) is 0 Å². The van der Waals surface area contributed by atoms with E-state index in [0.29, 0.717) is 23.7 Å². The Morgan fingerprint density at radius 1 is 1.10 bits per heavy atom. The molecule has 0 aliphatic carbocycles. The maximum Gasteiger partial charge on any atom is 0.255 e. The summed E-state index contributed by atoms with van der Waals surface area (Å²) < 4.78 is 37.9. The largest absolute Gasteiger partial charge is 0.423 e. The highest BCUT2D eigenvalue weighted by atomic mass is 32.2. The van der Waals surface area contributed by atoms with E-state index in [2.05, 4.69) is 20.2 Å². The quantitative estimate of drug-likeness (QED) is 0.592. The predicted octanol–water partition coefficient (Wildman–Crippen LogP) is 2.45. The predicted molar refractivity (Wildman–Crippen MR) is 108 cm³/mol. The number of amides is 1. The SMILES string of the molecule is O=C(Nc1ccc(-c2nnco2)cc1)c1ccc(S(=O)(=O)NC[C@H]2CCCO2)cc1. The number of carbonyl (C=O) groups excluding carboxylic acids is 1. The van der Waals surface area contributed by atoms with Crippen LogP contribution in [0.5, 0.6) is 0 Å². The summed E-state index contributed by atoms with van der Waals surface area (Å²) in [7, 11) is -3.66. The van der Waals surface area contributed by atoms with Crippen LogP contribution < -0.4 is 10.0 Å². The maximum absolute atomic E-state index is 12.5. The minimum absolute atomic E-state index is 0.0870. The van der Waals surface area contributed by atoms with Crippen LogP contribution >= 0.6 is 0 Å². The summed E-state index contributed by atoms with van der Waals surface area (Å²) in [6.07, 6.45) is 2.94. The zero-order valence-corrected chi connectivity index (χ0v) is 16.8. The van der Waals surface area contributed by atoms with E-state index < -0.39 is 10.0 Å². The van der Waals surface area contributed by atoms with Crippen LogP contribution in [0.2, 0.25) is 0 Å². The molecule has 30 heavy (non-hydrogen) atoms. The van der Waals surface area contributed by atoms with Gasteiger partial charge in [0.25, 0.3) is 5.91 Å². The van der Waals surface area contributed by atoms with Gasteiger partial charge in [0.15, 0.2) is 0 Å². The molecule has 9 nitrogen and oxygen atoms in total. The molecule has 0 saturated carbocycles. The van der Waals surface area contributed by atoms with Gasteiger partial charge in [-0.3, -0.25) is 4.79 Å². The van der Waals surface area contributed by atoms with Crippen LogP contribution in [0.1, 0.15) is 23.2 Å². The van der Waals surface area contributed by atoms with Gasteiger partial charge in [-0.15, -0.1) is 10.2 Å². The molecule has 2 heterocycles. The number of hydrogen-bond donors (Lipinski definition) is 2. The molecule has 156 valence electrons. The minimum Gasteiger partial charge on any atom is -0.423 e. The first-order chi connectivity index (χ1) is 14.5. The Kier molecular flexibility index (Phi) is 5.88. The van der Waals surface area contributed by atoms with Gasteiger partial charge in [0.05, 0.1) is 11.0 Å². The highest BCUT2D eigenvalue weighted by Gasteiger charge is 2.20. The van der Waals surface area contributed by atoms with Crippen LogP contribution in [-0.2, 0) is 14.8 Å². The highest BCUT2D eigenvalue weighted by molar-refractivity contribution is 7.89. The summed E-state index contributed by atoms with van der Waals surface area (Å²) >= 11 is 0. The third kappa shape index (κ3) is 4.73. The Bertz CT molecular complexity index is 1090.